The van der Waals surface area contributed by atoms with Crippen molar-refractivity contribution in [2.45, 2.75) is 25.4 Å². The van der Waals surface area contributed by atoms with E-state index in [9.17, 15) is 14.3 Å². The van der Waals surface area contributed by atoms with E-state index in [4.69, 9.17) is 21.3 Å². The summed E-state index contributed by atoms with van der Waals surface area (Å²) in [5.41, 5.74) is 1.80. The molecule has 1 amide bonds. The van der Waals surface area contributed by atoms with Crippen LogP contribution in [0.2, 0.25) is 5.02 Å². The lowest BCUT2D eigenvalue weighted by Gasteiger charge is -2.39. The molecule has 2 fully saturated rings. The second-order valence-electron chi connectivity index (χ2n) is 8.78. The van der Waals surface area contributed by atoms with E-state index in [1.807, 2.05) is 4.90 Å². The smallest absolute Gasteiger partial charge is 0.246 e. The van der Waals surface area contributed by atoms with E-state index >= 15 is 0 Å². The summed E-state index contributed by atoms with van der Waals surface area (Å²) in [6.45, 7) is 11.1. The second kappa shape index (κ2) is 8.92. The van der Waals surface area contributed by atoms with Crippen molar-refractivity contribution in [2.75, 3.05) is 37.7 Å². The molecule has 5 rings (SSSR count). The molecule has 2 saturated heterocycles. The van der Waals surface area contributed by atoms with Gasteiger partial charge in [0.25, 0.3) is 0 Å². The SMILES string of the molecule is C=CC(=O)N1CCN2Cc3c(N4CCCC4=C)nc(-c4c(O)cccc4F)c(Cl)c3OC[C@H]2C1. The van der Waals surface area contributed by atoms with Crippen molar-refractivity contribution in [3.63, 3.8) is 0 Å². The highest BCUT2D eigenvalue weighted by Crippen LogP contribution is 2.47. The summed E-state index contributed by atoms with van der Waals surface area (Å²) in [5.74, 6) is 0.0765. The van der Waals surface area contributed by atoms with Gasteiger partial charge in [-0.1, -0.05) is 30.8 Å². The van der Waals surface area contributed by atoms with Crippen LogP contribution in [0.4, 0.5) is 10.2 Å². The molecule has 0 radical (unpaired) electrons. The molecule has 178 valence electrons. The van der Waals surface area contributed by atoms with Gasteiger partial charge in [-0.25, -0.2) is 9.37 Å². The van der Waals surface area contributed by atoms with Crippen molar-refractivity contribution >= 4 is 23.3 Å². The molecule has 0 unspecified atom stereocenters. The number of phenolic OH excluding ortho intramolecular Hbond substituents is 1. The fourth-order valence-corrected chi connectivity index (χ4v) is 5.26. The summed E-state index contributed by atoms with van der Waals surface area (Å²) in [4.78, 5) is 23.0. The number of ether oxygens (including phenoxy) is 1. The molecule has 0 aliphatic carbocycles. The molecule has 1 N–H and O–H groups in total. The molecule has 2 aromatic rings. The lowest BCUT2D eigenvalue weighted by molar-refractivity contribution is -0.129. The summed E-state index contributed by atoms with van der Waals surface area (Å²) in [5, 5.41) is 10.6. The number of phenols is 1. The summed E-state index contributed by atoms with van der Waals surface area (Å²) in [6, 6.07) is 4.06. The minimum Gasteiger partial charge on any atom is -0.507 e. The van der Waals surface area contributed by atoms with Crippen molar-refractivity contribution in [1.29, 1.82) is 0 Å². The molecule has 3 aliphatic rings. The number of aromatic nitrogens is 1. The van der Waals surface area contributed by atoms with E-state index in [1.165, 1.54) is 24.3 Å². The van der Waals surface area contributed by atoms with Crippen LogP contribution in [0.15, 0.2) is 43.1 Å². The lowest BCUT2D eigenvalue weighted by Crippen LogP contribution is -2.55. The minimum absolute atomic E-state index is 0.0407. The molecule has 3 aliphatic heterocycles. The average Bonchev–Trinajstić information content (AvgIpc) is 3.15. The zero-order chi connectivity index (χ0) is 24.0. The molecule has 0 saturated carbocycles. The Morgan fingerprint density at radius 3 is 2.85 bits per heavy atom. The molecule has 7 nitrogen and oxygen atoms in total. The number of anilines is 1. The van der Waals surface area contributed by atoms with Crippen LogP contribution in [-0.2, 0) is 11.3 Å². The van der Waals surface area contributed by atoms with Crippen LogP contribution >= 0.6 is 11.6 Å². The van der Waals surface area contributed by atoms with E-state index in [2.05, 4.69) is 18.1 Å². The van der Waals surface area contributed by atoms with Crippen molar-refractivity contribution in [1.82, 2.24) is 14.8 Å². The maximum absolute atomic E-state index is 14.8. The van der Waals surface area contributed by atoms with Gasteiger partial charge in [0.2, 0.25) is 5.91 Å². The fourth-order valence-electron chi connectivity index (χ4n) is 4.95. The zero-order valence-electron chi connectivity index (χ0n) is 18.8. The number of hydrogen-bond acceptors (Lipinski definition) is 6. The van der Waals surface area contributed by atoms with Crippen LogP contribution in [0, 0.1) is 5.82 Å². The number of hydrogen-bond donors (Lipinski definition) is 1. The second-order valence-corrected chi connectivity index (χ2v) is 9.16. The third kappa shape index (κ3) is 3.80. The standard InChI is InChI=1S/C25H26ClFN4O3/c1-3-20(33)30-11-10-29-13-17-24(34-14-16(29)12-30)22(26)23(21-18(27)7-4-8-19(21)32)28-25(17)31-9-5-6-15(31)2/h3-4,7-8,16,32H,1-2,5-6,9-14H2/t16-/m1/s1. The van der Waals surface area contributed by atoms with E-state index in [-0.39, 0.29) is 34.0 Å². The maximum Gasteiger partial charge on any atom is 0.246 e. The zero-order valence-corrected chi connectivity index (χ0v) is 19.5. The third-order valence-corrected chi connectivity index (χ3v) is 7.10. The van der Waals surface area contributed by atoms with Crippen molar-refractivity contribution in [2.24, 2.45) is 0 Å². The van der Waals surface area contributed by atoms with Gasteiger partial charge in [0, 0.05) is 38.4 Å². The fraction of sp³-hybridized carbons (Fsp3) is 0.360. The minimum atomic E-state index is -0.620. The number of rotatable bonds is 3. The predicted octanol–water partition coefficient (Wildman–Crippen LogP) is 3.95. The summed E-state index contributed by atoms with van der Waals surface area (Å²) < 4.78 is 21.1. The van der Waals surface area contributed by atoms with E-state index in [0.717, 1.165) is 30.6 Å². The summed E-state index contributed by atoms with van der Waals surface area (Å²) >= 11 is 6.79. The van der Waals surface area contributed by atoms with Gasteiger partial charge in [-0.2, -0.15) is 0 Å². The Morgan fingerprint density at radius 1 is 1.32 bits per heavy atom. The van der Waals surface area contributed by atoms with Gasteiger partial charge in [0.1, 0.15) is 40.5 Å². The van der Waals surface area contributed by atoms with Gasteiger partial charge in [-0.3, -0.25) is 9.69 Å². The molecule has 9 heteroatoms. The van der Waals surface area contributed by atoms with Crippen LogP contribution in [0.25, 0.3) is 11.3 Å². The van der Waals surface area contributed by atoms with E-state index < -0.39 is 5.82 Å². The Labute approximate surface area is 202 Å². The number of allylic oxidation sites excluding steroid dienone is 1. The third-order valence-electron chi connectivity index (χ3n) is 6.75. The number of nitrogens with zero attached hydrogens (tertiary/aromatic N) is 4. The normalized spacial score (nSPS) is 20.4. The molecule has 34 heavy (non-hydrogen) atoms. The first-order valence-electron chi connectivity index (χ1n) is 11.3. The largest absolute Gasteiger partial charge is 0.507 e. The predicted molar refractivity (Wildman–Crippen MR) is 128 cm³/mol. The first kappa shape index (κ1) is 22.7. The topological polar surface area (TPSA) is 69.1 Å². The molecule has 0 bridgehead atoms. The Bertz CT molecular complexity index is 1170. The Hall–Kier alpha value is -3.10. The summed E-state index contributed by atoms with van der Waals surface area (Å²) in [6.07, 6.45) is 3.10. The lowest BCUT2D eigenvalue weighted by atomic mass is 10.1. The van der Waals surface area contributed by atoms with Crippen molar-refractivity contribution < 1.29 is 19.0 Å². The number of benzene rings is 1. The molecule has 4 heterocycles. The Morgan fingerprint density at radius 2 is 2.15 bits per heavy atom. The Balaban J connectivity index is 1.62. The van der Waals surface area contributed by atoms with Crippen LogP contribution in [0.3, 0.4) is 0 Å². The van der Waals surface area contributed by atoms with Crippen LogP contribution in [0.1, 0.15) is 18.4 Å². The van der Waals surface area contributed by atoms with Gasteiger partial charge >= 0.3 is 0 Å². The maximum atomic E-state index is 14.8. The molecular weight excluding hydrogens is 459 g/mol. The number of piperazine rings is 1. The van der Waals surface area contributed by atoms with Gasteiger partial charge in [-0.15, -0.1) is 0 Å². The number of amides is 1. The van der Waals surface area contributed by atoms with Gasteiger partial charge in [0.15, 0.2) is 0 Å². The number of aromatic hydroxyl groups is 1. The van der Waals surface area contributed by atoms with Crippen LogP contribution < -0.4 is 9.64 Å². The Kier molecular flexibility index (Phi) is 5.95. The highest BCUT2D eigenvalue weighted by Gasteiger charge is 2.36. The van der Waals surface area contributed by atoms with Crippen molar-refractivity contribution in [3.05, 3.63) is 59.5 Å². The highest BCUT2D eigenvalue weighted by molar-refractivity contribution is 6.35. The number of carbonyl (C=O) groups is 1. The van der Waals surface area contributed by atoms with Gasteiger partial charge in [-0.05, 0) is 31.1 Å². The first-order valence-corrected chi connectivity index (χ1v) is 11.7. The van der Waals surface area contributed by atoms with Gasteiger partial charge in [0.05, 0.1) is 17.2 Å². The first-order chi connectivity index (χ1) is 16.4. The number of pyridine rings is 1. The molecular formula is C25H26ClFN4O3. The summed E-state index contributed by atoms with van der Waals surface area (Å²) in [7, 11) is 0. The molecule has 1 aromatic heterocycles. The molecule has 1 atom stereocenters. The number of carbonyl (C=O) groups excluding carboxylic acids is 1. The number of fused-ring (bicyclic) bond motifs is 2. The monoisotopic (exact) mass is 484 g/mol. The van der Waals surface area contributed by atoms with Crippen LogP contribution in [-0.4, -0.2) is 64.6 Å². The van der Waals surface area contributed by atoms with Crippen LogP contribution in [0.5, 0.6) is 11.5 Å². The van der Waals surface area contributed by atoms with Crippen molar-refractivity contribution in [3.8, 4) is 22.8 Å². The molecule has 0 spiro atoms. The van der Waals surface area contributed by atoms with Gasteiger partial charge < -0.3 is 19.6 Å². The average molecular weight is 485 g/mol. The molecule has 1 aromatic carbocycles. The quantitative estimate of drug-likeness (QED) is 0.665. The van der Waals surface area contributed by atoms with E-state index in [0.29, 0.717) is 44.4 Å². The van der Waals surface area contributed by atoms with E-state index in [1.54, 1.807) is 4.90 Å². The highest BCUT2D eigenvalue weighted by atomic mass is 35.5. The number of halogens is 2.